The molecule has 0 aliphatic rings. The third-order valence-electron chi connectivity index (χ3n) is 0. The standard InChI is InChI=1S/Al.Co.Fe.Ni.Ta.3H. The van der Waals surface area contributed by atoms with E-state index in [0.717, 1.165) is 0 Å². The first-order chi connectivity index (χ1) is 0. The molecule has 0 aromatic heterocycles. The van der Waals surface area contributed by atoms with Crippen LogP contribution in [0.5, 0.6) is 0 Å². The summed E-state index contributed by atoms with van der Waals surface area (Å²) in [6.45, 7) is 0. The van der Waals surface area contributed by atoms with Gasteiger partial charge in [-0.15, -0.1) is 0 Å². The van der Waals surface area contributed by atoms with Gasteiger partial charge in [-0.25, -0.2) is 0 Å². The van der Waals surface area contributed by atoms with Gasteiger partial charge in [0, 0.05) is 72.7 Å². The molecule has 0 N–H and O–H groups in total. The molecule has 0 atom stereocenters. The van der Waals surface area contributed by atoms with Crippen LogP contribution in [0.15, 0.2) is 0 Å². The molecule has 0 aliphatic carbocycles. The van der Waals surface area contributed by atoms with Crippen molar-refractivity contribution < 1.29 is 72.7 Å². The van der Waals surface area contributed by atoms with Gasteiger partial charge < -0.3 is 0 Å². The molecule has 0 spiro atoms. The Hall–Kier alpha value is 2.79. The van der Waals surface area contributed by atoms with E-state index in [1.807, 2.05) is 0 Å². The van der Waals surface area contributed by atoms with Crippen molar-refractivity contribution in [3.8, 4) is 0 Å². The van der Waals surface area contributed by atoms with Crippen molar-refractivity contribution in [2.24, 2.45) is 0 Å². The number of hydrogen-bond donors (Lipinski definition) is 0. The molecule has 0 saturated heterocycles. The van der Waals surface area contributed by atoms with Crippen LogP contribution < -0.4 is 0 Å². The minimum absolute atomic E-state index is 0. The van der Waals surface area contributed by atoms with E-state index in [-0.39, 0.29) is 90.1 Å². The van der Waals surface area contributed by atoms with Crippen molar-refractivity contribution in [1.82, 2.24) is 0 Å². The van der Waals surface area contributed by atoms with E-state index in [0.29, 0.717) is 0 Å². The molecule has 0 unspecified atom stereocenters. The van der Waals surface area contributed by atoms with Gasteiger partial charge in [0.05, 0.1) is 0 Å². The third kappa shape index (κ3) is 20.0. The van der Waals surface area contributed by atoms with Crippen molar-refractivity contribution in [3.63, 3.8) is 0 Å². The van der Waals surface area contributed by atoms with Gasteiger partial charge in [0.15, 0.2) is 17.4 Å². The van der Waals surface area contributed by atoms with Crippen LogP contribution in [-0.2, 0) is 72.7 Å². The van der Waals surface area contributed by atoms with Gasteiger partial charge in [0.25, 0.3) is 0 Å². The van der Waals surface area contributed by atoms with E-state index in [1.165, 1.54) is 0 Å². The molecular weight excluding hydrogens is 381 g/mol. The third-order valence-corrected chi connectivity index (χ3v) is 0. The Morgan fingerprint density at radius 2 is 1.00 bits per heavy atom. The van der Waals surface area contributed by atoms with Crippen LogP contribution in [0.1, 0.15) is 0 Å². The Kier molecular flexibility index (Phi) is 270. The van der Waals surface area contributed by atoms with Crippen molar-refractivity contribution in [1.29, 1.82) is 0 Å². The van der Waals surface area contributed by atoms with Crippen LogP contribution in [0.2, 0.25) is 0 Å². The predicted octanol–water partition coefficient (Wildman–Crippen LogP) is -1.19. The number of rotatable bonds is 0. The van der Waals surface area contributed by atoms with Gasteiger partial charge in [-0.05, 0) is 0 Å². The van der Waals surface area contributed by atoms with Gasteiger partial charge in [-0.3, -0.25) is 0 Å². The summed E-state index contributed by atoms with van der Waals surface area (Å²) < 4.78 is 0. The molecule has 2 radical (unpaired) electrons. The molecule has 0 aliphatic heterocycles. The molecule has 0 saturated carbocycles. The van der Waals surface area contributed by atoms with Gasteiger partial charge in [0.1, 0.15) is 0 Å². The second-order valence-corrected chi connectivity index (χ2v) is 0. The van der Waals surface area contributed by atoms with Gasteiger partial charge >= 0.3 is 0 Å². The summed E-state index contributed by atoms with van der Waals surface area (Å²) in [5, 5.41) is 0. The van der Waals surface area contributed by atoms with Crippen LogP contribution in [0.3, 0.4) is 0 Å². The maximum atomic E-state index is 0. The molecule has 5 heteroatoms. The van der Waals surface area contributed by atoms with E-state index < -0.39 is 0 Å². The molecule has 0 aromatic rings. The van der Waals surface area contributed by atoms with Gasteiger partial charge in [0.2, 0.25) is 0 Å². The molecule has 0 nitrogen and oxygen atoms in total. The molecule has 38 valence electrons. The molecule has 0 amide bonds. The Bertz CT molecular complexity index is 11.6. The largest absolute Gasteiger partial charge is 0.187 e. The van der Waals surface area contributed by atoms with Crippen LogP contribution in [0.4, 0.5) is 0 Å². The van der Waals surface area contributed by atoms with Crippen LogP contribution in [-0.4, -0.2) is 17.4 Å². The molecule has 0 fully saturated rings. The van der Waals surface area contributed by atoms with Crippen molar-refractivity contribution >= 4 is 17.4 Å². The first kappa shape index (κ1) is 46.1. The summed E-state index contributed by atoms with van der Waals surface area (Å²) in [4.78, 5) is 0. The summed E-state index contributed by atoms with van der Waals surface area (Å²) >= 11 is 0. The average Bonchev–Trinajstić information content (AvgIpc) is 0. The first-order valence-corrected chi connectivity index (χ1v) is 0. The normalized spacial score (nSPS) is 0. The number of hydrogen-bond acceptors (Lipinski definition) is 0. The summed E-state index contributed by atoms with van der Waals surface area (Å²) in [6.07, 6.45) is 0. The molecule has 5 heavy (non-hydrogen) atoms. The molecule has 0 rings (SSSR count). The molecule has 0 bridgehead atoms. The quantitative estimate of drug-likeness (QED) is 0.461. The predicted molar refractivity (Wildman–Crippen MR) is 9.94 cm³/mol. The summed E-state index contributed by atoms with van der Waals surface area (Å²) in [6, 6.07) is 0. The van der Waals surface area contributed by atoms with E-state index in [9.17, 15) is 0 Å². The van der Waals surface area contributed by atoms with E-state index in [1.54, 1.807) is 0 Å². The smallest absolute Gasteiger partial charge is 0 e. The second-order valence-electron chi connectivity index (χ2n) is 0. The Labute approximate surface area is 88.8 Å². The van der Waals surface area contributed by atoms with E-state index in [4.69, 9.17) is 0 Å². The van der Waals surface area contributed by atoms with Crippen LogP contribution in [0, 0.1) is 0 Å². The fraction of sp³-hybridized carbons (Fsp3) is 0. The monoisotopic (exact) mass is 384 g/mol. The maximum Gasteiger partial charge on any atom is 0.187 e. The molecule has 0 aromatic carbocycles. The van der Waals surface area contributed by atoms with E-state index >= 15 is 0 Å². The Morgan fingerprint density at radius 1 is 1.00 bits per heavy atom. The topological polar surface area (TPSA) is 0 Å². The Balaban J connectivity index is 0. The minimum atomic E-state index is 0. The van der Waals surface area contributed by atoms with Crippen molar-refractivity contribution in [2.45, 2.75) is 0 Å². The molecule has 0 heterocycles. The first-order valence-electron chi connectivity index (χ1n) is 0. The van der Waals surface area contributed by atoms with Crippen molar-refractivity contribution in [2.75, 3.05) is 0 Å². The van der Waals surface area contributed by atoms with Crippen molar-refractivity contribution in [3.05, 3.63) is 0 Å². The summed E-state index contributed by atoms with van der Waals surface area (Å²) in [5.74, 6) is 0. The minimum Gasteiger partial charge on any atom is 0 e. The maximum absolute atomic E-state index is 0. The average molecular weight is 384 g/mol. The zero-order chi connectivity index (χ0) is 0. The van der Waals surface area contributed by atoms with Gasteiger partial charge in [-0.2, -0.15) is 0 Å². The van der Waals surface area contributed by atoms with Gasteiger partial charge in [-0.1, -0.05) is 0 Å². The fourth-order valence-electron chi connectivity index (χ4n) is 0. The summed E-state index contributed by atoms with van der Waals surface area (Å²) in [5.41, 5.74) is 0. The Morgan fingerprint density at radius 3 is 1.00 bits per heavy atom. The zero-order valence-corrected chi connectivity index (χ0v) is 7.80. The van der Waals surface area contributed by atoms with Crippen LogP contribution >= 0.6 is 0 Å². The zero-order valence-electron chi connectivity index (χ0n) is 1.45. The molecular formula is H3AlCoFeNiTa. The fourth-order valence-corrected chi connectivity index (χ4v) is 0. The second kappa shape index (κ2) is 29.2. The SMILES string of the molecule is [AlH3].[Co].[Fe].[Ni].[Ta]. The summed E-state index contributed by atoms with van der Waals surface area (Å²) in [7, 11) is 0. The van der Waals surface area contributed by atoms with E-state index in [2.05, 4.69) is 0 Å². The van der Waals surface area contributed by atoms with Crippen LogP contribution in [0.25, 0.3) is 0 Å².